The molecule has 2 nitrogen and oxygen atoms in total. The molecule has 1 heterocycles. The van der Waals surface area contributed by atoms with E-state index in [4.69, 9.17) is 11.6 Å². The fourth-order valence-corrected chi connectivity index (χ4v) is 3.13. The minimum atomic E-state index is -0.154. The maximum atomic E-state index is 12.4. The number of likely N-dealkylation sites (N-methyl/N-ethyl adjacent to an activating group) is 1. The van der Waals surface area contributed by atoms with Crippen LogP contribution in [-0.2, 0) is 6.54 Å². The quantitative estimate of drug-likeness (QED) is 0.762. The number of rotatable bonds is 5. The molecule has 2 aromatic rings. The molecule has 0 aliphatic heterocycles. The van der Waals surface area contributed by atoms with E-state index in [1.165, 1.54) is 4.88 Å². The van der Waals surface area contributed by atoms with Crippen molar-refractivity contribution >= 4 is 28.7 Å². The topological polar surface area (TPSA) is 20.3 Å². The second-order valence-corrected chi connectivity index (χ2v) is 6.83. The number of hydrogen-bond donors (Lipinski definition) is 0. The van der Waals surface area contributed by atoms with Gasteiger partial charge in [-0.25, -0.2) is 0 Å². The third-order valence-corrected chi connectivity index (χ3v) is 4.63. The SMILES string of the molecule is Cc1ccc(C(=O)C(C)N(C)Cc2ccc(Cl)s2)cc1. The molecule has 0 aliphatic carbocycles. The van der Waals surface area contributed by atoms with Gasteiger partial charge in [-0.2, -0.15) is 0 Å². The van der Waals surface area contributed by atoms with Gasteiger partial charge < -0.3 is 0 Å². The number of nitrogens with zero attached hydrogens (tertiary/aromatic N) is 1. The van der Waals surface area contributed by atoms with Crippen LogP contribution in [0.3, 0.4) is 0 Å². The van der Waals surface area contributed by atoms with Gasteiger partial charge in [-0.1, -0.05) is 41.4 Å². The van der Waals surface area contributed by atoms with E-state index in [0.717, 1.165) is 22.0 Å². The van der Waals surface area contributed by atoms with Gasteiger partial charge in [-0.05, 0) is 33.0 Å². The number of carbonyl (C=O) groups excluding carboxylic acids is 1. The number of aryl methyl sites for hydroxylation is 1. The molecule has 1 aromatic heterocycles. The van der Waals surface area contributed by atoms with Crippen LogP contribution in [0.25, 0.3) is 0 Å². The molecule has 1 unspecified atom stereocenters. The van der Waals surface area contributed by atoms with E-state index >= 15 is 0 Å². The van der Waals surface area contributed by atoms with Crippen LogP contribution in [0.1, 0.15) is 27.7 Å². The molecule has 0 aliphatic rings. The highest BCUT2D eigenvalue weighted by Gasteiger charge is 2.20. The summed E-state index contributed by atoms with van der Waals surface area (Å²) in [6.45, 7) is 4.69. The van der Waals surface area contributed by atoms with Crippen LogP contribution < -0.4 is 0 Å². The molecule has 0 amide bonds. The van der Waals surface area contributed by atoms with Gasteiger partial charge in [0.25, 0.3) is 0 Å². The number of halogens is 1. The lowest BCUT2D eigenvalue weighted by Crippen LogP contribution is -2.35. The first kappa shape index (κ1) is 15.2. The number of benzene rings is 1. The zero-order valence-electron chi connectivity index (χ0n) is 11.9. The Balaban J connectivity index is 2.04. The summed E-state index contributed by atoms with van der Waals surface area (Å²) in [6.07, 6.45) is 0. The molecule has 0 saturated carbocycles. The second-order valence-electron chi connectivity index (χ2n) is 5.03. The highest BCUT2D eigenvalue weighted by molar-refractivity contribution is 7.16. The summed E-state index contributed by atoms with van der Waals surface area (Å²) in [5.41, 5.74) is 1.93. The van der Waals surface area contributed by atoms with Gasteiger partial charge in [0, 0.05) is 17.0 Å². The molecule has 0 spiro atoms. The monoisotopic (exact) mass is 307 g/mol. The highest BCUT2D eigenvalue weighted by atomic mass is 35.5. The molecule has 1 atom stereocenters. The molecule has 0 saturated heterocycles. The number of hydrogen-bond acceptors (Lipinski definition) is 3. The smallest absolute Gasteiger partial charge is 0.179 e. The summed E-state index contributed by atoms with van der Waals surface area (Å²) >= 11 is 7.49. The lowest BCUT2D eigenvalue weighted by molar-refractivity contribution is 0.0863. The first-order valence-corrected chi connectivity index (χ1v) is 7.72. The van der Waals surface area contributed by atoms with Crippen molar-refractivity contribution in [3.63, 3.8) is 0 Å². The van der Waals surface area contributed by atoms with Crippen LogP contribution >= 0.6 is 22.9 Å². The summed E-state index contributed by atoms with van der Waals surface area (Å²) in [6, 6.07) is 11.5. The predicted molar refractivity (Wildman–Crippen MR) is 85.8 cm³/mol. The maximum absolute atomic E-state index is 12.4. The van der Waals surface area contributed by atoms with Crippen LogP contribution in [0.4, 0.5) is 0 Å². The Labute approximate surface area is 129 Å². The van der Waals surface area contributed by atoms with Crippen LogP contribution in [0.5, 0.6) is 0 Å². The zero-order chi connectivity index (χ0) is 14.7. The zero-order valence-corrected chi connectivity index (χ0v) is 13.5. The fraction of sp³-hybridized carbons (Fsp3) is 0.312. The van der Waals surface area contributed by atoms with Crippen LogP contribution in [0, 0.1) is 6.92 Å². The van der Waals surface area contributed by atoms with E-state index in [9.17, 15) is 4.79 Å². The summed E-state index contributed by atoms with van der Waals surface area (Å²) in [5, 5.41) is 0. The second kappa shape index (κ2) is 6.53. The van der Waals surface area contributed by atoms with Gasteiger partial charge in [0.15, 0.2) is 5.78 Å². The first-order chi connectivity index (χ1) is 9.47. The van der Waals surface area contributed by atoms with E-state index in [1.54, 1.807) is 11.3 Å². The van der Waals surface area contributed by atoms with Gasteiger partial charge in [0.2, 0.25) is 0 Å². The van der Waals surface area contributed by atoms with Crippen LogP contribution in [-0.4, -0.2) is 23.8 Å². The van der Waals surface area contributed by atoms with Crippen LogP contribution in [0.2, 0.25) is 4.34 Å². The van der Waals surface area contributed by atoms with Crippen molar-refractivity contribution in [3.05, 3.63) is 56.7 Å². The number of ketones is 1. The van der Waals surface area contributed by atoms with E-state index in [2.05, 4.69) is 0 Å². The van der Waals surface area contributed by atoms with Crippen molar-refractivity contribution in [2.75, 3.05) is 7.05 Å². The van der Waals surface area contributed by atoms with Crippen molar-refractivity contribution in [2.24, 2.45) is 0 Å². The standard InChI is InChI=1S/C16H18ClNOS/c1-11-4-6-13(7-5-11)16(19)12(2)18(3)10-14-8-9-15(17)20-14/h4-9,12H,10H2,1-3H3. The summed E-state index contributed by atoms with van der Waals surface area (Å²) in [5.74, 6) is 0.148. The minimum Gasteiger partial charge on any atom is -0.292 e. The Kier molecular flexibility index (Phi) is 4.97. The van der Waals surface area contributed by atoms with Gasteiger partial charge in [-0.15, -0.1) is 11.3 Å². The van der Waals surface area contributed by atoms with E-state index < -0.39 is 0 Å². The van der Waals surface area contributed by atoms with E-state index in [1.807, 2.05) is 62.2 Å². The average molecular weight is 308 g/mol. The molecule has 0 fully saturated rings. The Morgan fingerprint density at radius 1 is 1.25 bits per heavy atom. The lowest BCUT2D eigenvalue weighted by Gasteiger charge is -2.23. The molecule has 2 rings (SSSR count). The Morgan fingerprint density at radius 2 is 1.90 bits per heavy atom. The number of thiophene rings is 1. The van der Waals surface area contributed by atoms with Crippen molar-refractivity contribution in [1.82, 2.24) is 4.90 Å². The van der Waals surface area contributed by atoms with E-state index in [-0.39, 0.29) is 11.8 Å². The molecular formula is C16H18ClNOS. The molecule has 0 radical (unpaired) electrons. The molecule has 0 N–H and O–H groups in total. The summed E-state index contributed by atoms with van der Waals surface area (Å²) in [4.78, 5) is 15.6. The lowest BCUT2D eigenvalue weighted by atomic mass is 10.0. The maximum Gasteiger partial charge on any atom is 0.179 e. The Bertz CT molecular complexity index is 591. The molecule has 106 valence electrons. The van der Waals surface area contributed by atoms with Crippen molar-refractivity contribution in [1.29, 1.82) is 0 Å². The summed E-state index contributed by atoms with van der Waals surface area (Å²) < 4.78 is 0.783. The highest BCUT2D eigenvalue weighted by Crippen LogP contribution is 2.23. The Hall–Kier alpha value is -1.16. The molecule has 0 bridgehead atoms. The fourth-order valence-electron chi connectivity index (χ4n) is 1.98. The van der Waals surface area contributed by atoms with Crippen molar-refractivity contribution in [3.8, 4) is 0 Å². The Morgan fingerprint density at radius 3 is 2.45 bits per heavy atom. The molecular weight excluding hydrogens is 290 g/mol. The van der Waals surface area contributed by atoms with Gasteiger partial charge in [-0.3, -0.25) is 9.69 Å². The van der Waals surface area contributed by atoms with Crippen LogP contribution in [0.15, 0.2) is 36.4 Å². The molecule has 20 heavy (non-hydrogen) atoms. The van der Waals surface area contributed by atoms with Crippen molar-refractivity contribution < 1.29 is 4.79 Å². The first-order valence-electron chi connectivity index (χ1n) is 6.52. The predicted octanol–water partition coefficient (Wildman–Crippen LogP) is 4.41. The van der Waals surface area contributed by atoms with Crippen molar-refractivity contribution in [2.45, 2.75) is 26.4 Å². The van der Waals surface area contributed by atoms with Gasteiger partial charge in [0.05, 0.1) is 10.4 Å². The third kappa shape index (κ3) is 3.69. The normalized spacial score (nSPS) is 12.7. The third-order valence-electron chi connectivity index (χ3n) is 3.41. The minimum absolute atomic E-state index is 0.148. The molecule has 1 aromatic carbocycles. The van der Waals surface area contributed by atoms with Gasteiger partial charge >= 0.3 is 0 Å². The number of carbonyl (C=O) groups is 1. The van der Waals surface area contributed by atoms with Gasteiger partial charge in [0.1, 0.15) is 0 Å². The largest absolute Gasteiger partial charge is 0.292 e. The summed E-state index contributed by atoms with van der Waals surface area (Å²) in [7, 11) is 1.96. The molecule has 4 heteroatoms. The number of Topliss-reactive ketones (excluding diaryl/α,β-unsaturated/α-hetero) is 1. The average Bonchev–Trinajstić information content (AvgIpc) is 2.83. The van der Waals surface area contributed by atoms with E-state index in [0.29, 0.717) is 0 Å².